The van der Waals surface area contributed by atoms with Crippen LogP contribution in [0.25, 0.3) is 11.4 Å². The molecule has 34 heavy (non-hydrogen) atoms. The predicted octanol–water partition coefficient (Wildman–Crippen LogP) is 5.24. The second-order valence-electron chi connectivity index (χ2n) is 6.97. The third-order valence-electron chi connectivity index (χ3n) is 4.52. The van der Waals surface area contributed by atoms with Crippen molar-refractivity contribution in [2.75, 3.05) is 27.1 Å². The Morgan fingerprint density at radius 1 is 1.15 bits per heavy atom. The van der Waals surface area contributed by atoms with E-state index in [1.807, 2.05) is 55.6 Å². The number of hydrogen-bond donors (Lipinski definition) is 0. The van der Waals surface area contributed by atoms with Gasteiger partial charge in [-0.1, -0.05) is 5.16 Å². The topological polar surface area (TPSA) is 108 Å². The molecule has 0 saturated carbocycles. The van der Waals surface area contributed by atoms with Crippen LogP contribution in [0.4, 0.5) is 10.5 Å². The highest BCUT2D eigenvalue weighted by Crippen LogP contribution is 2.25. The minimum atomic E-state index is -0.710. The molecule has 0 unspecified atom stereocenters. The van der Waals surface area contributed by atoms with Gasteiger partial charge >= 0.3 is 6.09 Å². The number of aryl methyl sites for hydroxylation is 1. The summed E-state index contributed by atoms with van der Waals surface area (Å²) in [6.45, 7) is 4.55. The fourth-order valence-corrected chi connectivity index (χ4v) is 3.61. The smallest absolute Gasteiger partial charge is 0.434 e. The first-order valence-corrected chi connectivity index (χ1v) is 11.7. The van der Waals surface area contributed by atoms with Crippen LogP contribution < -0.4 is 4.74 Å². The van der Waals surface area contributed by atoms with E-state index in [1.165, 1.54) is 18.9 Å². The van der Waals surface area contributed by atoms with E-state index in [2.05, 4.69) is 15.1 Å². The molecular formula is C24H26N4O5S. The van der Waals surface area contributed by atoms with Gasteiger partial charge in [0.05, 0.1) is 26.0 Å². The second-order valence-corrected chi connectivity index (χ2v) is 7.76. The Balaban J connectivity index is 2.11. The molecule has 0 aliphatic rings. The Morgan fingerprint density at radius 3 is 2.50 bits per heavy atom. The maximum atomic E-state index is 12.0. The summed E-state index contributed by atoms with van der Waals surface area (Å²) in [5.41, 5.74) is 3.58. The fraction of sp³-hybridized carbons (Fsp3) is 0.292. The summed E-state index contributed by atoms with van der Waals surface area (Å²) >= 11 is 1.29. The number of aromatic nitrogens is 2. The molecule has 1 aromatic heterocycles. The monoisotopic (exact) mass is 482 g/mol. The van der Waals surface area contributed by atoms with E-state index in [-0.39, 0.29) is 0 Å². The lowest BCUT2D eigenvalue weighted by Crippen LogP contribution is -2.15. The maximum absolute atomic E-state index is 12.0. The molecule has 10 heteroatoms. The Hall–Kier alpha value is -3.50. The van der Waals surface area contributed by atoms with Crippen molar-refractivity contribution in [3.8, 4) is 17.1 Å². The largest absolute Gasteiger partial charge is 0.494 e. The van der Waals surface area contributed by atoms with Crippen LogP contribution in [-0.4, -0.2) is 54.1 Å². The third kappa shape index (κ3) is 6.52. The minimum Gasteiger partial charge on any atom is -0.494 e. The lowest BCUT2D eigenvalue weighted by atomic mass is 10.1. The van der Waals surface area contributed by atoms with Gasteiger partial charge in [0.1, 0.15) is 16.5 Å². The van der Waals surface area contributed by atoms with Gasteiger partial charge in [-0.2, -0.15) is 9.98 Å². The summed E-state index contributed by atoms with van der Waals surface area (Å²) in [5.74, 6) is 1.66. The number of rotatable bonds is 8. The number of methoxy groups -OCH3 is 2. The van der Waals surface area contributed by atoms with Crippen molar-refractivity contribution in [3.63, 3.8) is 0 Å². The lowest BCUT2D eigenvalue weighted by molar-refractivity contribution is 0.182. The van der Waals surface area contributed by atoms with Crippen molar-refractivity contribution < 1.29 is 23.5 Å². The molecule has 0 aliphatic carbocycles. The van der Waals surface area contributed by atoms with Crippen LogP contribution in [0.5, 0.6) is 5.75 Å². The molecule has 9 nitrogen and oxygen atoms in total. The molecule has 0 atom stereocenters. The number of amides is 1. The number of hydrogen-bond acceptors (Lipinski definition) is 9. The zero-order valence-electron chi connectivity index (χ0n) is 19.7. The van der Waals surface area contributed by atoms with Crippen molar-refractivity contribution in [2.24, 2.45) is 9.98 Å². The molecular weight excluding hydrogens is 456 g/mol. The first-order valence-electron chi connectivity index (χ1n) is 10.4. The van der Waals surface area contributed by atoms with E-state index < -0.39 is 6.09 Å². The molecule has 3 rings (SSSR count). The molecule has 0 bridgehead atoms. The molecule has 3 aromatic rings. The minimum absolute atomic E-state index is 0.392. The molecule has 0 radical (unpaired) electrons. The van der Waals surface area contributed by atoms with E-state index in [0.717, 1.165) is 16.7 Å². The predicted molar refractivity (Wildman–Crippen MR) is 132 cm³/mol. The summed E-state index contributed by atoms with van der Waals surface area (Å²) in [6.07, 6.45) is 1.11. The number of carbonyl (C=O) groups excluding carboxylic acids is 1. The van der Waals surface area contributed by atoms with Crippen molar-refractivity contribution in [1.29, 1.82) is 0 Å². The number of nitrogens with zero attached hydrogens (tertiary/aromatic N) is 4. The van der Waals surface area contributed by atoms with Crippen LogP contribution in [0, 0.1) is 6.92 Å². The molecule has 0 aliphatic heterocycles. The molecule has 1 amide bonds. The molecule has 2 aromatic carbocycles. The average molecular weight is 483 g/mol. The Morgan fingerprint density at radius 2 is 1.91 bits per heavy atom. The second kappa shape index (κ2) is 12.1. The maximum Gasteiger partial charge on any atom is 0.434 e. The number of benzene rings is 2. The van der Waals surface area contributed by atoms with E-state index in [1.54, 1.807) is 14.0 Å². The Bertz CT molecular complexity index is 1160. The van der Waals surface area contributed by atoms with Gasteiger partial charge in [0.25, 0.3) is 0 Å². The van der Waals surface area contributed by atoms with E-state index in [4.69, 9.17) is 23.7 Å². The summed E-state index contributed by atoms with van der Waals surface area (Å²) in [6, 6.07) is 13.1. The molecule has 0 fully saturated rings. The fourth-order valence-electron chi connectivity index (χ4n) is 3.09. The van der Waals surface area contributed by atoms with Gasteiger partial charge in [-0.05, 0) is 61.2 Å². The zero-order chi connectivity index (χ0) is 24.5. The average Bonchev–Trinajstić information content (AvgIpc) is 3.28. The van der Waals surface area contributed by atoms with Crippen LogP contribution in [0.3, 0.4) is 0 Å². The Kier molecular flexibility index (Phi) is 8.94. The summed E-state index contributed by atoms with van der Waals surface area (Å²) < 4.78 is 20.9. The van der Waals surface area contributed by atoms with Gasteiger partial charge in [-0.25, -0.2) is 9.79 Å². The van der Waals surface area contributed by atoms with Crippen LogP contribution in [-0.2, 0) is 16.1 Å². The van der Waals surface area contributed by atoms with Crippen molar-refractivity contribution in [1.82, 2.24) is 10.1 Å². The highest BCUT2D eigenvalue weighted by Gasteiger charge is 2.17. The standard InChI is InChI=1S/C24H26N4O5S/c1-6-32-20-12-16(14-30-3)11-18(13-20)21(23(34-5)27-24(29)31-4)26-19-9-7-17(8-10-19)22-25-15(2)33-28-22/h7-13H,6,14H2,1-5H3/b26-21+,27-23-. The summed E-state index contributed by atoms with van der Waals surface area (Å²) in [5, 5.41) is 4.34. The number of thioether (sulfide) groups is 1. The normalized spacial score (nSPS) is 12.0. The first kappa shape index (κ1) is 25.1. The van der Waals surface area contributed by atoms with E-state index >= 15 is 0 Å². The van der Waals surface area contributed by atoms with Crippen molar-refractivity contribution in [2.45, 2.75) is 20.5 Å². The highest BCUT2D eigenvalue weighted by atomic mass is 32.2. The lowest BCUT2D eigenvalue weighted by Gasteiger charge is -2.13. The molecule has 1 heterocycles. The van der Waals surface area contributed by atoms with E-state index in [0.29, 0.717) is 47.1 Å². The summed E-state index contributed by atoms with van der Waals surface area (Å²) in [7, 11) is 2.91. The SMILES string of the molecule is CCOc1cc(COC)cc(C(=N\c2ccc(-c3noc(C)n3)cc2)/C(=N/C(=O)OC)SC)c1. The molecule has 0 N–H and O–H groups in total. The van der Waals surface area contributed by atoms with Gasteiger partial charge < -0.3 is 18.7 Å². The first-order chi connectivity index (χ1) is 16.5. The zero-order valence-corrected chi connectivity index (χ0v) is 20.5. The van der Waals surface area contributed by atoms with Crippen LogP contribution >= 0.6 is 11.8 Å². The van der Waals surface area contributed by atoms with Gasteiger partial charge in [0.15, 0.2) is 0 Å². The van der Waals surface area contributed by atoms with Crippen LogP contribution in [0.1, 0.15) is 23.9 Å². The number of carbonyl (C=O) groups is 1. The third-order valence-corrected chi connectivity index (χ3v) is 5.19. The molecule has 0 saturated heterocycles. The van der Waals surface area contributed by atoms with E-state index in [9.17, 15) is 4.79 Å². The number of ether oxygens (including phenoxy) is 3. The quantitative estimate of drug-likeness (QED) is 0.317. The van der Waals surface area contributed by atoms with Crippen molar-refractivity contribution >= 4 is 34.3 Å². The van der Waals surface area contributed by atoms with Gasteiger partial charge in [-0.15, -0.1) is 11.8 Å². The van der Waals surface area contributed by atoms with Gasteiger partial charge in [-0.3, -0.25) is 0 Å². The summed E-state index contributed by atoms with van der Waals surface area (Å²) in [4.78, 5) is 25.1. The highest BCUT2D eigenvalue weighted by molar-refractivity contribution is 8.15. The van der Waals surface area contributed by atoms with Crippen LogP contribution in [0.2, 0.25) is 0 Å². The Labute approximate surface area is 202 Å². The van der Waals surface area contributed by atoms with Crippen molar-refractivity contribution in [3.05, 3.63) is 59.5 Å². The number of aliphatic imine (C=N–C) groups is 2. The van der Waals surface area contributed by atoms with Gasteiger partial charge in [0.2, 0.25) is 11.7 Å². The van der Waals surface area contributed by atoms with Gasteiger partial charge in [0, 0.05) is 25.2 Å². The molecule has 0 spiro atoms. The molecule has 178 valence electrons. The van der Waals surface area contributed by atoms with Crippen LogP contribution in [0.15, 0.2) is 57.0 Å².